The Morgan fingerprint density at radius 1 is 1.32 bits per heavy atom. The fraction of sp³-hybridized carbons (Fsp3) is 0.259. The maximum atomic E-state index is 13.1. The van der Waals surface area contributed by atoms with E-state index in [1.165, 1.54) is 7.05 Å². The lowest BCUT2D eigenvalue weighted by molar-refractivity contribution is -0.122. The van der Waals surface area contributed by atoms with E-state index >= 15 is 0 Å². The number of hydrogen-bond acceptors (Lipinski definition) is 7. The normalized spacial score (nSPS) is 19.0. The molecule has 3 unspecified atom stereocenters. The zero-order valence-electron chi connectivity index (χ0n) is 20.5. The molecule has 1 aliphatic heterocycles. The largest absolute Gasteiger partial charge is 0.359 e. The van der Waals surface area contributed by atoms with Gasteiger partial charge in [0, 0.05) is 48.9 Å². The molecule has 0 saturated heterocycles. The molecular formula is C27H27N7O3. The van der Waals surface area contributed by atoms with Crippen LogP contribution in [-0.4, -0.2) is 45.5 Å². The molecule has 188 valence electrons. The van der Waals surface area contributed by atoms with Crippen LogP contribution in [0.1, 0.15) is 29.6 Å². The second kappa shape index (κ2) is 10.2. The predicted molar refractivity (Wildman–Crippen MR) is 139 cm³/mol. The number of nitrogens with zero attached hydrogens (tertiary/aromatic N) is 4. The van der Waals surface area contributed by atoms with Crippen molar-refractivity contribution in [2.75, 3.05) is 7.05 Å². The highest BCUT2D eigenvalue weighted by molar-refractivity contribution is 6.46. The van der Waals surface area contributed by atoms with E-state index in [-0.39, 0.29) is 24.1 Å². The molecular weight excluding hydrogens is 470 g/mol. The number of benzene rings is 1. The Bertz CT molecular complexity index is 1430. The van der Waals surface area contributed by atoms with Crippen LogP contribution >= 0.6 is 0 Å². The highest BCUT2D eigenvalue weighted by atomic mass is 16.5. The molecule has 3 aromatic rings. The number of aromatic nitrogens is 3. The third kappa shape index (κ3) is 5.18. The summed E-state index contributed by atoms with van der Waals surface area (Å²) in [5.41, 5.74) is 3.20. The van der Waals surface area contributed by atoms with Crippen LogP contribution in [0.2, 0.25) is 0 Å². The first-order valence-corrected chi connectivity index (χ1v) is 12.0. The van der Waals surface area contributed by atoms with Crippen molar-refractivity contribution in [1.29, 1.82) is 5.41 Å². The smallest absolute Gasteiger partial charge is 0.270 e. The summed E-state index contributed by atoms with van der Waals surface area (Å²) >= 11 is 0. The van der Waals surface area contributed by atoms with E-state index in [1.807, 2.05) is 59.4 Å². The van der Waals surface area contributed by atoms with Gasteiger partial charge in [0.05, 0.1) is 17.9 Å². The monoisotopic (exact) mass is 497 g/mol. The van der Waals surface area contributed by atoms with Gasteiger partial charge in [-0.1, -0.05) is 41.6 Å². The van der Waals surface area contributed by atoms with Gasteiger partial charge in [-0.15, -0.1) is 0 Å². The molecule has 3 N–H and O–H groups in total. The standard InChI is InChI=1S/C27H27N7O3/c1-16-10-20(37-33-16)14-30-26(35)22(13-28)24(29-2)27(36)31-19-8-9-34-15-23(17-6-4-3-5-7-17)32-25(34)21-12-18(21)11-19/h3-11,13,15,18,21-22,28H,12,14H2,1-2H3,(H,30,35)(H,31,36). The van der Waals surface area contributed by atoms with Crippen LogP contribution in [0.5, 0.6) is 0 Å². The topological polar surface area (TPSA) is 138 Å². The van der Waals surface area contributed by atoms with Crippen molar-refractivity contribution < 1.29 is 14.1 Å². The predicted octanol–water partition coefficient (Wildman–Crippen LogP) is 3.09. The second-order valence-corrected chi connectivity index (χ2v) is 9.06. The van der Waals surface area contributed by atoms with Gasteiger partial charge < -0.3 is 25.1 Å². The van der Waals surface area contributed by atoms with Crippen molar-refractivity contribution in [2.24, 2.45) is 16.8 Å². The van der Waals surface area contributed by atoms with Crippen LogP contribution in [0, 0.1) is 24.2 Å². The molecule has 2 amide bonds. The zero-order valence-corrected chi connectivity index (χ0v) is 20.5. The average Bonchev–Trinajstić information content (AvgIpc) is 3.30. The molecule has 2 aromatic heterocycles. The lowest BCUT2D eigenvalue weighted by Gasteiger charge is -2.15. The Kier molecular flexibility index (Phi) is 6.63. The Balaban J connectivity index is 1.28. The number of hydrogen-bond donors (Lipinski definition) is 3. The summed E-state index contributed by atoms with van der Waals surface area (Å²) in [7, 11) is 1.43. The molecule has 37 heavy (non-hydrogen) atoms. The number of amides is 2. The minimum Gasteiger partial charge on any atom is -0.359 e. The molecule has 3 atom stereocenters. The SMILES string of the molecule is CN=C(C(=O)NC1=CC2CC2c2nc(-c3ccccc3)cn2C=C1)C(C=N)C(=O)NCc1cc(C)no1. The number of aliphatic imine (C=N–C) groups is 1. The molecule has 1 fully saturated rings. The van der Waals surface area contributed by atoms with Gasteiger partial charge in [-0.25, -0.2) is 4.98 Å². The summed E-state index contributed by atoms with van der Waals surface area (Å²) in [5, 5.41) is 17.1. The highest BCUT2D eigenvalue weighted by Crippen LogP contribution is 2.49. The molecule has 10 nitrogen and oxygen atoms in total. The van der Waals surface area contributed by atoms with Crippen LogP contribution in [0.15, 0.2) is 70.0 Å². The summed E-state index contributed by atoms with van der Waals surface area (Å²) in [6, 6.07) is 11.7. The van der Waals surface area contributed by atoms with Gasteiger partial charge in [0.2, 0.25) is 5.91 Å². The van der Waals surface area contributed by atoms with E-state index in [2.05, 4.69) is 20.8 Å². The fourth-order valence-corrected chi connectivity index (χ4v) is 4.42. The van der Waals surface area contributed by atoms with Crippen molar-refractivity contribution in [3.05, 3.63) is 77.7 Å². The first-order chi connectivity index (χ1) is 18.0. The van der Waals surface area contributed by atoms with Crippen LogP contribution in [0.25, 0.3) is 17.5 Å². The van der Waals surface area contributed by atoms with E-state index in [0.717, 1.165) is 29.7 Å². The van der Waals surface area contributed by atoms with Gasteiger partial charge in [-0.3, -0.25) is 14.6 Å². The number of rotatable bonds is 8. The average molecular weight is 498 g/mol. The third-order valence-electron chi connectivity index (χ3n) is 6.40. The van der Waals surface area contributed by atoms with Crippen LogP contribution in [0.3, 0.4) is 0 Å². The Morgan fingerprint density at radius 2 is 2.14 bits per heavy atom. The molecule has 3 heterocycles. The first kappa shape index (κ1) is 24.1. The zero-order chi connectivity index (χ0) is 25.9. The maximum absolute atomic E-state index is 13.1. The summed E-state index contributed by atoms with van der Waals surface area (Å²) in [6.07, 6.45) is 9.53. The number of aryl methyl sites for hydroxylation is 1. The van der Waals surface area contributed by atoms with Crippen molar-refractivity contribution in [3.63, 3.8) is 0 Å². The minimum atomic E-state index is -1.14. The number of allylic oxidation sites excluding steroid dienone is 2. The van der Waals surface area contributed by atoms with E-state index < -0.39 is 17.7 Å². The van der Waals surface area contributed by atoms with Crippen molar-refractivity contribution in [2.45, 2.75) is 25.8 Å². The van der Waals surface area contributed by atoms with Crippen LogP contribution in [0.4, 0.5) is 0 Å². The number of fused-ring (bicyclic) bond motifs is 3. The minimum absolute atomic E-state index is 0.0559. The van der Waals surface area contributed by atoms with Gasteiger partial charge in [-0.2, -0.15) is 0 Å². The molecule has 0 radical (unpaired) electrons. The van der Waals surface area contributed by atoms with Gasteiger partial charge in [0.1, 0.15) is 17.5 Å². The van der Waals surface area contributed by atoms with Crippen LogP contribution < -0.4 is 10.6 Å². The van der Waals surface area contributed by atoms with E-state index in [1.54, 1.807) is 13.0 Å². The molecule has 0 spiro atoms. The second-order valence-electron chi connectivity index (χ2n) is 9.06. The van der Waals surface area contributed by atoms with Gasteiger partial charge in [0.15, 0.2) is 5.76 Å². The molecule has 5 rings (SSSR count). The molecule has 1 aliphatic carbocycles. The van der Waals surface area contributed by atoms with Gasteiger partial charge in [-0.05, 0) is 25.3 Å². The number of imidazole rings is 1. The van der Waals surface area contributed by atoms with Crippen molar-refractivity contribution in [3.8, 4) is 11.3 Å². The number of carbonyl (C=O) groups is 2. The first-order valence-electron chi connectivity index (χ1n) is 12.0. The Labute approximate surface area is 213 Å². The van der Waals surface area contributed by atoms with Crippen molar-refractivity contribution >= 4 is 29.9 Å². The highest BCUT2D eigenvalue weighted by Gasteiger charge is 2.41. The quantitative estimate of drug-likeness (QED) is 0.411. The van der Waals surface area contributed by atoms with Crippen LogP contribution in [-0.2, 0) is 16.1 Å². The molecule has 0 bridgehead atoms. The summed E-state index contributed by atoms with van der Waals surface area (Å²) in [4.78, 5) is 34.8. The van der Waals surface area contributed by atoms with Gasteiger partial charge in [0.25, 0.3) is 5.91 Å². The summed E-state index contributed by atoms with van der Waals surface area (Å²) in [6.45, 7) is 1.87. The Morgan fingerprint density at radius 3 is 2.84 bits per heavy atom. The lowest BCUT2D eigenvalue weighted by atomic mass is 10.0. The Hall–Kier alpha value is -4.60. The van der Waals surface area contributed by atoms with Gasteiger partial charge >= 0.3 is 0 Å². The fourth-order valence-electron chi connectivity index (χ4n) is 4.42. The summed E-state index contributed by atoms with van der Waals surface area (Å²) < 4.78 is 7.10. The van der Waals surface area contributed by atoms with E-state index in [0.29, 0.717) is 17.2 Å². The maximum Gasteiger partial charge on any atom is 0.270 e. The van der Waals surface area contributed by atoms with E-state index in [4.69, 9.17) is 14.9 Å². The molecule has 2 aliphatic rings. The molecule has 1 aromatic carbocycles. The number of carbonyl (C=O) groups excluding carboxylic acids is 2. The lowest BCUT2D eigenvalue weighted by Crippen LogP contribution is -2.43. The molecule has 1 saturated carbocycles. The third-order valence-corrected chi connectivity index (χ3v) is 6.40. The van der Waals surface area contributed by atoms with Crippen molar-refractivity contribution in [1.82, 2.24) is 25.3 Å². The number of nitrogens with one attached hydrogen (secondary N) is 3. The summed E-state index contributed by atoms with van der Waals surface area (Å²) in [5.74, 6) is -0.207. The van der Waals surface area contributed by atoms with E-state index in [9.17, 15) is 9.59 Å². The molecule has 10 heteroatoms.